The normalized spacial score (nSPS) is 10.6. The number of aromatic nitrogens is 1. The van der Waals surface area contributed by atoms with Crippen LogP contribution in [0.1, 0.15) is 5.56 Å². The van der Waals surface area contributed by atoms with Gasteiger partial charge in [0, 0.05) is 10.9 Å². The van der Waals surface area contributed by atoms with Gasteiger partial charge in [-0.25, -0.2) is 0 Å². The van der Waals surface area contributed by atoms with Crippen molar-refractivity contribution in [3.05, 3.63) is 60.2 Å². The van der Waals surface area contributed by atoms with Gasteiger partial charge in [-0.2, -0.15) is 4.73 Å². The van der Waals surface area contributed by atoms with Gasteiger partial charge in [0.25, 0.3) is 0 Å². The third kappa shape index (κ3) is 1.99. The number of benzene rings is 2. The number of hydrogen-bond acceptors (Lipinski definition) is 2. The molecular weight excluding hydrogens is 238 g/mol. The molecule has 3 rings (SSSR count). The lowest BCUT2D eigenvalue weighted by molar-refractivity contribution is -0.128. The van der Waals surface area contributed by atoms with Crippen molar-refractivity contribution >= 4 is 17.4 Å². The van der Waals surface area contributed by atoms with Gasteiger partial charge in [-0.05, 0) is 25.1 Å². The van der Waals surface area contributed by atoms with Crippen LogP contribution < -0.4 is 4.84 Å². The molecule has 3 heteroatoms. The van der Waals surface area contributed by atoms with Crippen molar-refractivity contribution in [1.29, 1.82) is 0 Å². The molecule has 0 fully saturated rings. The maximum Gasteiger partial charge on any atom is 0.321 e. The van der Waals surface area contributed by atoms with Crippen molar-refractivity contribution in [2.75, 3.05) is 0 Å². The number of fused-ring (bicyclic) bond motifs is 1. The second-order valence-electron chi connectivity index (χ2n) is 4.45. The molecule has 0 saturated heterocycles. The number of hydrogen-bond donors (Lipinski definition) is 0. The lowest BCUT2D eigenvalue weighted by Crippen LogP contribution is -2.09. The predicted octanol–water partition coefficient (Wildman–Crippen LogP) is 3.20. The van der Waals surface area contributed by atoms with Gasteiger partial charge in [-0.15, -0.1) is 0 Å². The average molecular weight is 251 g/mol. The summed E-state index contributed by atoms with van der Waals surface area (Å²) in [5.41, 5.74) is 3.94. The van der Waals surface area contributed by atoms with Gasteiger partial charge in [0.2, 0.25) is 0 Å². The van der Waals surface area contributed by atoms with Gasteiger partial charge in [-0.1, -0.05) is 42.0 Å². The molecule has 0 unspecified atom stereocenters. The minimum Gasteiger partial charge on any atom is -0.339 e. The third-order valence-electron chi connectivity index (χ3n) is 3.13. The lowest BCUT2D eigenvalue weighted by atomic mass is 10.1. The first-order chi connectivity index (χ1) is 9.29. The molecule has 2 aromatic carbocycles. The summed E-state index contributed by atoms with van der Waals surface area (Å²) in [6.45, 7) is 2.49. The summed E-state index contributed by atoms with van der Waals surface area (Å²) in [6.07, 6.45) is 0. The number of rotatable bonds is 3. The van der Waals surface area contributed by atoms with Crippen LogP contribution in [0.2, 0.25) is 0 Å². The van der Waals surface area contributed by atoms with E-state index in [2.05, 4.69) is 6.07 Å². The number of nitrogens with zero attached hydrogens (tertiary/aromatic N) is 1. The minimum absolute atomic E-state index is 0.450. The van der Waals surface area contributed by atoms with Crippen LogP contribution in [-0.2, 0) is 4.79 Å². The minimum atomic E-state index is 0.450. The van der Waals surface area contributed by atoms with E-state index in [4.69, 9.17) is 4.84 Å². The van der Waals surface area contributed by atoms with Gasteiger partial charge in [0.1, 0.15) is 0 Å². The molecule has 0 saturated carbocycles. The number of carbonyl (C=O) groups excluding carboxylic acids is 1. The van der Waals surface area contributed by atoms with E-state index in [9.17, 15) is 4.79 Å². The highest BCUT2D eigenvalue weighted by molar-refractivity contribution is 5.87. The maximum atomic E-state index is 10.7. The lowest BCUT2D eigenvalue weighted by Gasteiger charge is -2.06. The van der Waals surface area contributed by atoms with Gasteiger partial charge in [-0.3, -0.25) is 4.79 Å². The zero-order valence-corrected chi connectivity index (χ0v) is 10.5. The molecule has 94 valence electrons. The zero-order chi connectivity index (χ0) is 13.2. The fourth-order valence-corrected chi connectivity index (χ4v) is 2.28. The number of aryl methyl sites for hydroxylation is 1. The molecule has 0 atom stereocenters. The molecule has 3 nitrogen and oxygen atoms in total. The van der Waals surface area contributed by atoms with E-state index in [1.807, 2.05) is 55.5 Å². The molecule has 19 heavy (non-hydrogen) atoms. The number of carbonyl (C=O) groups is 1. The summed E-state index contributed by atoms with van der Waals surface area (Å²) in [7, 11) is 0. The smallest absolute Gasteiger partial charge is 0.321 e. The van der Waals surface area contributed by atoms with Crippen molar-refractivity contribution in [2.24, 2.45) is 0 Å². The van der Waals surface area contributed by atoms with Crippen LogP contribution in [0.3, 0.4) is 0 Å². The van der Waals surface area contributed by atoms with Crippen LogP contribution in [-0.4, -0.2) is 11.2 Å². The summed E-state index contributed by atoms with van der Waals surface area (Å²) < 4.78 is 1.57. The second kappa shape index (κ2) is 4.61. The molecule has 3 aromatic rings. The first kappa shape index (κ1) is 11.5. The molecule has 1 heterocycles. The molecular formula is C16H13NO2. The summed E-state index contributed by atoms with van der Waals surface area (Å²) in [4.78, 5) is 15.8. The summed E-state index contributed by atoms with van der Waals surface area (Å²) in [5, 5.41) is 1.06. The molecule has 0 amide bonds. The van der Waals surface area contributed by atoms with Crippen molar-refractivity contribution < 1.29 is 9.63 Å². The molecule has 0 radical (unpaired) electrons. The largest absolute Gasteiger partial charge is 0.339 e. The van der Waals surface area contributed by atoms with Crippen molar-refractivity contribution in [2.45, 2.75) is 6.92 Å². The quantitative estimate of drug-likeness (QED) is 0.669. The van der Waals surface area contributed by atoms with Crippen LogP contribution in [0.25, 0.3) is 22.2 Å². The topological polar surface area (TPSA) is 31.2 Å². The van der Waals surface area contributed by atoms with E-state index in [1.54, 1.807) is 4.73 Å². The van der Waals surface area contributed by atoms with Crippen LogP contribution in [0, 0.1) is 6.92 Å². The van der Waals surface area contributed by atoms with Crippen LogP contribution in [0.15, 0.2) is 54.6 Å². The fraction of sp³-hybridized carbons (Fsp3) is 0.0625. The standard InChI is InChI=1S/C16H13NO2/c1-12-7-8-15-14(9-12)10-16(17(15)19-11-18)13-5-3-2-4-6-13/h2-11H,1H3. The summed E-state index contributed by atoms with van der Waals surface area (Å²) >= 11 is 0. The van der Waals surface area contributed by atoms with Gasteiger partial charge in [0.15, 0.2) is 0 Å². The summed E-state index contributed by atoms with van der Waals surface area (Å²) in [5.74, 6) is 0. The Kier molecular flexibility index (Phi) is 2.80. The van der Waals surface area contributed by atoms with Crippen LogP contribution in [0.5, 0.6) is 0 Å². The molecule has 1 aromatic heterocycles. The van der Waals surface area contributed by atoms with E-state index < -0.39 is 0 Å². The Balaban J connectivity index is 2.28. The first-order valence-electron chi connectivity index (χ1n) is 6.08. The summed E-state index contributed by atoms with van der Waals surface area (Å²) in [6, 6.07) is 17.9. The fourth-order valence-electron chi connectivity index (χ4n) is 2.28. The molecule has 0 N–H and O–H groups in total. The first-order valence-corrected chi connectivity index (χ1v) is 6.08. The van der Waals surface area contributed by atoms with E-state index in [0.717, 1.165) is 22.2 Å². The zero-order valence-electron chi connectivity index (χ0n) is 10.5. The Morgan fingerprint density at radius 1 is 1.05 bits per heavy atom. The Labute approximate surface area is 111 Å². The van der Waals surface area contributed by atoms with Crippen molar-refractivity contribution in [3.63, 3.8) is 0 Å². The molecule has 0 bridgehead atoms. The van der Waals surface area contributed by atoms with Gasteiger partial charge >= 0.3 is 6.47 Å². The highest BCUT2D eigenvalue weighted by Gasteiger charge is 2.11. The molecule has 0 spiro atoms. The molecule has 0 aliphatic rings. The van der Waals surface area contributed by atoms with E-state index in [0.29, 0.717) is 6.47 Å². The van der Waals surface area contributed by atoms with Gasteiger partial charge in [0.05, 0.1) is 11.2 Å². The average Bonchev–Trinajstić information content (AvgIpc) is 2.78. The monoisotopic (exact) mass is 251 g/mol. The Bertz CT molecular complexity index is 729. The van der Waals surface area contributed by atoms with E-state index in [-0.39, 0.29) is 0 Å². The maximum absolute atomic E-state index is 10.7. The van der Waals surface area contributed by atoms with Crippen molar-refractivity contribution in [1.82, 2.24) is 4.73 Å². The van der Waals surface area contributed by atoms with Crippen LogP contribution in [0.4, 0.5) is 0 Å². The predicted molar refractivity (Wildman–Crippen MR) is 74.8 cm³/mol. The Morgan fingerprint density at radius 2 is 1.84 bits per heavy atom. The molecule has 0 aliphatic carbocycles. The second-order valence-corrected chi connectivity index (χ2v) is 4.45. The van der Waals surface area contributed by atoms with Gasteiger partial charge < -0.3 is 4.84 Å². The highest BCUT2D eigenvalue weighted by atomic mass is 16.7. The van der Waals surface area contributed by atoms with E-state index in [1.165, 1.54) is 5.56 Å². The van der Waals surface area contributed by atoms with Crippen molar-refractivity contribution in [3.8, 4) is 11.3 Å². The SMILES string of the molecule is Cc1ccc2c(c1)cc(-c1ccccc1)n2OC=O. The Hall–Kier alpha value is -2.55. The highest BCUT2D eigenvalue weighted by Crippen LogP contribution is 2.27. The molecule has 0 aliphatic heterocycles. The van der Waals surface area contributed by atoms with Crippen LogP contribution >= 0.6 is 0 Å². The van der Waals surface area contributed by atoms with E-state index >= 15 is 0 Å². The third-order valence-corrected chi connectivity index (χ3v) is 3.13. The Morgan fingerprint density at radius 3 is 2.58 bits per heavy atom.